The number of phenols is 1. The molecule has 2 amide bonds. The van der Waals surface area contributed by atoms with Crippen LogP contribution in [0.1, 0.15) is 11.6 Å². The van der Waals surface area contributed by atoms with Crippen molar-refractivity contribution in [2.24, 2.45) is 5.92 Å². The van der Waals surface area contributed by atoms with Gasteiger partial charge < -0.3 is 9.84 Å². The number of phenolic OH excluding ortho intramolecular Hbond substituents is 1. The van der Waals surface area contributed by atoms with Gasteiger partial charge in [-0.15, -0.1) is 0 Å². The highest BCUT2D eigenvalue weighted by molar-refractivity contribution is 9.10. The van der Waals surface area contributed by atoms with E-state index in [-0.39, 0.29) is 22.9 Å². The predicted molar refractivity (Wildman–Crippen MR) is 128 cm³/mol. The van der Waals surface area contributed by atoms with Crippen LogP contribution in [0.25, 0.3) is 0 Å². The van der Waals surface area contributed by atoms with Gasteiger partial charge in [0.15, 0.2) is 17.6 Å². The smallest absolute Gasteiger partial charge is 0.269 e. The fourth-order valence-corrected chi connectivity index (χ4v) is 4.91. The Morgan fingerprint density at radius 2 is 1.71 bits per heavy atom. The van der Waals surface area contributed by atoms with Crippen molar-refractivity contribution in [3.8, 4) is 11.5 Å². The Bertz CT molecular complexity index is 1330. The van der Waals surface area contributed by atoms with E-state index in [4.69, 9.17) is 9.57 Å². The van der Waals surface area contributed by atoms with E-state index in [9.17, 15) is 24.8 Å². The molecular weight excluding hydrogens is 522 g/mol. The van der Waals surface area contributed by atoms with E-state index in [1.54, 1.807) is 24.3 Å². The van der Waals surface area contributed by atoms with E-state index in [1.807, 2.05) is 18.2 Å². The van der Waals surface area contributed by atoms with Crippen molar-refractivity contribution in [3.63, 3.8) is 0 Å². The van der Waals surface area contributed by atoms with Crippen molar-refractivity contribution >= 4 is 44.8 Å². The van der Waals surface area contributed by atoms with Crippen molar-refractivity contribution in [3.05, 3.63) is 86.9 Å². The first-order chi connectivity index (χ1) is 16.8. The third kappa shape index (κ3) is 3.69. The Balaban J connectivity index is 1.59. The normalized spacial score (nSPS) is 21.4. The summed E-state index contributed by atoms with van der Waals surface area (Å²) < 4.78 is 5.64. The number of nitrogens with zero attached hydrogens (tertiary/aromatic N) is 3. The van der Waals surface area contributed by atoms with Crippen LogP contribution in [0.15, 0.2) is 71.2 Å². The van der Waals surface area contributed by atoms with Crippen molar-refractivity contribution in [2.45, 2.75) is 12.1 Å². The van der Waals surface area contributed by atoms with Gasteiger partial charge in [-0.3, -0.25) is 24.5 Å². The lowest BCUT2D eigenvalue weighted by Crippen LogP contribution is -2.37. The molecule has 2 saturated heterocycles. The van der Waals surface area contributed by atoms with Crippen molar-refractivity contribution < 1.29 is 29.2 Å². The third-order valence-corrected chi connectivity index (χ3v) is 6.66. The minimum atomic E-state index is -1.11. The number of non-ortho nitro benzene ring substituents is 1. The van der Waals surface area contributed by atoms with Crippen LogP contribution in [0.2, 0.25) is 0 Å². The van der Waals surface area contributed by atoms with Crippen molar-refractivity contribution in [1.82, 2.24) is 0 Å². The predicted octanol–water partition coefficient (Wildman–Crippen LogP) is 4.12. The maximum atomic E-state index is 13.7. The first kappa shape index (κ1) is 22.8. The number of aromatic hydroxyl groups is 1. The first-order valence-corrected chi connectivity index (χ1v) is 11.3. The Labute approximate surface area is 207 Å². The average molecular weight is 540 g/mol. The minimum Gasteiger partial charge on any atom is -0.503 e. The van der Waals surface area contributed by atoms with Gasteiger partial charge in [-0.05, 0) is 57.9 Å². The molecule has 2 aliphatic heterocycles. The van der Waals surface area contributed by atoms with Gasteiger partial charge in [-0.2, -0.15) is 0 Å². The standard InChI is InChI=1S/C24H18BrN3O7/c1-34-18-12-13(11-17(25)21(18)29)20-19-22(35-27(20)15-5-3-2-4-6-15)24(31)26(23(19)30)14-7-9-16(10-8-14)28(32)33/h2-12,19-20,22,29H,1H3/t19-,20+,22+/m1/s1. The number of ether oxygens (including phenoxy) is 1. The number of imide groups is 1. The summed E-state index contributed by atoms with van der Waals surface area (Å²) in [5.74, 6) is -1.89. The topological polar surface area (TPSA) is 122 Å². The lowest BCUT2D eigenvalue weighted by atomic mass is 9.90. The molecule has 178 valence electrons. The van der Waals surface area contributed by atoms with Crippen molar-refractivity contribution in [2.75, 3.05) is 17.1 Å². The van der Waals surface area contributed by atoms with E-state index in [0.29, 0.717) is 15.7 Å². The molecule has 3 aromatic rings. The molecule has 3 atom stereocenters. The Hall–Kier alpha value is -3.96. The van der Waals surface area contributed by atoms with Gasteiger partial charge in [0, 0.05) is 12.1 Å². The summed E-state index contributed by atoms with van der Waals surface area (Å²) in [7, 11) is 1.41. The maximum Gasteiger partial charge on any atom is 0.269 e. The molecule has 1 N–H and O–H groups in total. The molecular formula is C24H18BrN3O7. The molecule has 3 aromatic carbocycles. The quantitative estimate of drug-likeness (QED) is 0.291. The summed E-state index contributed by atoms with van der Waals surface area (Å²) in [6.07, 6.45) is -1.11. The number of methoxy groups -OCH3 is 1. The second-order valence-electron chi connectivity index (χ2n) is 8.00. The Morgan fingerprint density at radius 3 is 2.34 bits per heavy atom. The number of nitro groups is 1. The van der Waals surface area contributed by atoms with Crippen LogP contribution >= 0.6 is 15.9 Å². The minimum absolute atomic E-state index is 0.0979. The van der Waals surface area contributed by atoms with E-state index in [2.05, 4.69) is 15.9 Å². The highest BCUT2D eigenvalue weighted by Crippen LogP contribution is 2.49. The van der Waals surface area contributed by atoms with Crippen LogP contribution < -0.4 is 14.7 Å². The average Bonchev–Trinajstić information content (AvgIpc) is 3.37. The van der Waals surface area contributed by atoms with Gasteiger partial charge in [0.25, 0.3) is 11.6 Å². The summed E-state index contributed by atoms with van der Waals surface area (Å²) in [6.45, 7) is 0. The highest BCUT2D eigenvalue weighted by atomic mass is 79.9. The number of carbonyl (C=O) groups is 2. The molecule has 10 nitrogen and oxygen atoms in total. The lowest BCUT2D eigenvalue weighted by Gasteiger charge is -2.29. The van der Waals surface area contributed by atoms with Crippen LogP contribution in [0.3, 0.4) is 0 Å². The Morgan fingerprint density at radius 1 is 1.03 bits per heavy atom. The molecule has 2 aliphatic rings. The van der Waals surface area contributed by atoms with Gasteiger partial charge in [0.1, 0.15) is 5.92 Å². The molecule has 2 fully saturated rings. The summed E-state index contributed by atoms with van der Waals surface area (Å²) in [4.78, 5) is 44.5. The van der Waals surface area contributed by atoms with Crippen LogP contribution in [0, 0.1) is 16.0 Å². The third-order valence-electron chi connectivity index (χ3n) is 6.06. The molecule has 2 heterocycles. The molecule has 0 aromatic heterocycles. The SMILES string of the molecule is COc1cc([C@H]2[C@H]3C(=O)N(c4ccc([N+](=O)[O-])cc4)C(=O)[C@H]3ON2c2ccccc2)cc(Br)c1O. The van der Waals surface area contributed by atoms with E-state index >= 15 is 0 Å². The number of benzene rings is 3. The first-order valence-electron chi connectivity index (χ1n) is 10.5. The van der Waals surface area contributed by atoms with Gasteiger partial charge in [0.2, 0.25) is 5.91 Å². The molecule has 0 unspecified atom stereocenters. The zero-order valence-electron chi connectivity index (χ0n) is 18.2. The van der Waals surface area contributed by atoms with Gasteiger partial charge in [-0.25, -0.2) is 9.96 Å². The van der Waals surface area contributed by atoms with E-state index in [1.165, 1.54) is 36.4 Å². The molecule has 35 heavy (non-hydrogen) atoms. The van der Waals surface area contributed by atoms with Crippen LogP contribution in [0.5, 0.6) is 11.5 Å². The number of hydrogen-bond acceptors (Lipinski definition) is 8. The molecule has 11 heteroatoms. The summed E-state index contributed by atoms with van der Waals surface area (Å²) >= 11 is 3.32. The number of para-hydroxylation sites is 1. The largest absolute Gasteiger partial charge is 0.503 e. The fourth-order valence-electron chi connectivity index (χ4n) is 4.45. The van der Waals surface area contributed by atoms with Gasteiger partial charge in [-0.1, -0.05) is 18.2 Å². The summed E-state index contributed by atoms with van der Waals surface area (Å²) in [6, 6.07) is 16.8. The molecule has 0 aliphatic carbocycles. The number of carbonyl (C=O) groups excluding carboxylic acids is 2. The fraction of sp³-hybridized carbons (Fsp3) is 0.167. The van der Waals surface area contributed by atoms with Crippen molar-refractivity contribution in [1.29, 1.82) is 0 Å². The molecule has 5 rings (SSSR count). The lowest BCUT2D eigenvalue weighted by molar-refractivity contribution is -0.384. The van der Waals surface area contributed by atoms with E-state index in [0.717, 1.165) is 4.90 Å². The molecule has 0 bridgehead atoms. The number of halogens is 1. The molecule has 0 radical (unpaired) electrons. The number of fused-ring (bicyclic) bond motifs is 1. The summed E-state index contributed by atoms with van der Waals surface area (Å²) in [5, 5.41) is 22.8. The zero-order chi connectivity index (χ0) is 24.9. The molecule has 0 spiro atoms. The number of nitro benzene ring substituents is 1. The second kappa shape index (κ2) is 8.67. The van der Waals surface area contributed by atoms with Gasteiger partial charge >= 0.3 is 0 Å². The van der Waals surface area contributed by atoms with Crippen LogP contribution in [0.4, 0.5) is 17.1 Å². The zero-order valence-corrected chi connectivity index (χ0v) is 19.8. The maximum absolute atomic E-state index is 13.7. The Kier molecular flexibility index (Phi) is 5.65. The second-order valence-corrected chi connectivity index (χ2v) is 8.85. The van der Waals surface area contributed by atoms with E-state index < -0.39 is 34.8 Å². The summed E-state index contributed by atoms with van der Waals surface area (Å²) in [5.41, 5.74) is 1.28. The highest BCUT2D eigenvalue weighted by Gasteiger charge is 2.60. The van der Waals surface area contributed by atoms with Gasteiger partial charge in [0.05, 0.1) is 33.9 Å². The number of hydrogen-bond donors (Lipinski definition) is 1. The monoisotopic (exact) mass is 539 g/mol. The number of rotatable bonds is 5. The molecule has 0 saturated carbocycles. The van der Waals surface area contributed by atoms with Crippen LogP contribution in [-0.2, 0) is 14.4 Å². The number of anilines is 2. The number of amides is 2. The van der Waals surface area contributed by atoms with Crippen LogP contribution in [-0.4, -0.2) is 35.1 Å². The number of hydroxylamine groups is 1.